The van der Waals surface area contributed by atoms with Crippen molar-refractivity contribution in [1.82, 2.24) is 16.1 Å². The number of rotatable bonds is 3. The molecule has 2 aliphatic heterocycles. The normalized spacial score (nSPS) is 26.9. The Morgan fingerprint density at radius 3 is 2.86 bits per heavy atom. The SMILES string of the molecule is O=C(CC1CNC1)N[C@@H]1CONC1=O. The van der Waals surface area contributed by atoms with Crippen molar-refractivity contribution in [1.29, 1.82) is 0 Å². The molecule has 0 aromatic carbocycles. The predicted octanol–water partition coefficient (Wildman–Crippen LogP) is -1.86. The third-order valence-electron chi connectivity index (χ3n) is 2.41. The highest BCUT2D eigenvalue weighted by molar-refractivity contribution is 5.88. The maximum absolute atomic E-state index is 11.4. The van der Waals surface area contributed by atoms with E-state index >= 15 is 0 Å². The van der Waals surface area contributed by atoms with Crippen LogP contribution >= 0.6 is 0 Å². The molecule has 2 amide bonds. The van der Waals surface area contributed by atoms with Gasteiger partial charge in [-0.25, -0.2) is 5.48 Å². The summed E-state index contributed by atoms with van der Waals surface area (Å²) in [4.78, 5) is 27.1. The largest absolute Gasteiger partial charge is 0.342 e. The van der Waals surface area contributed by atoms with Gasteiger partial charge in [0.1, 0.15) is 12.6 Å². The monoisotopic (exact) mass is 199 g/mol. The topological polar surface area (TPSA) is 79.5 Å². The molecule has 2 heterocycles. The molecule has 0 saturated carbocycles. The number of carbonyl (C=O) groups is 2. The van der Waals surface area contributed by atoms with E-state index < -0.39 is 6.04 Å². The molecule has 1 atom stereocenters. The van der Waals surface area contributed by atoms with Crippen LogP contribution in [-0.2, 0) is 14.4 Å². The quantitative estimate of drug-likeness (QED) is 0.498. The van der Waals surface area contributed by atoms with Gasteiger partial charge in [-0.1, -0.05) is 0 Å². The summed E-state index contributed by atoms with van der Waals surface area (Å²) in [6.07, 6.45) is 0.483. The van der Waals surface area contributed by atoms with Gasteiger partial charge in [0.25, 0.3) is 5.91 Å². The van der Waals surface area contributed by atoms with Crippen molar-refractivity contribution in [3.8, 4) is 0 Å². The van der Waals surface area contributed by atoms with Crippen molar-refractivity contribution in [2.24, 2.45) is 5.92 Å². The molecule has 0 aromatic heterocycles. The van der Waals surface area contributed by atoms with E-state index in [-0.39, 0.29) is 18.4 Å². The van der Waals surface area contributed by atoms with Gasteiger partial charge in [-0.3, -0.25) is 14.4 Å². The van der Waals surface area contributed by atoms with Crippen molar-refractivity contribution in [3.63, 3.8) is 0 Å². The fraction of sp³-hybridized carbons (Fsp3) is 0.750. The van der Waals surface area contributed by atoms with Gasteiger partial charge in [0.05, 0.1) is 0 Å². The molecule has 0 aliphatic carbocycles. The van der Waals surface area contributed by atoms with E-state index in [1.54, 1.807) is 0 Å². The van der Waals surface area contributed by atoms with E-state index in [9.17, 15) is 9.59 Å². The molecule has 2 saturated heterocycles. The van der Waals surface area contributed by atoms with Crippen LogP contribution in [0, 0.1) is 5.92 Å². The van der Waals surface area contributed by atoms with Crippen LogP contribution in [0.2, 0.25) is 0 Å². The third-order valence-corrected chi connectivity index (χ3v) is 2.41. The van der Waals surface area contributed by atoms with Gasteiger partial charge in [0, 0.05) is 6.42 Å². The summed E-state index contributed by atoms with van der Waals surface area (Å²) in [6.45, 7) is 2.00. The molecular weight excluding hydrogens is 186 g/mol. The molecule has 14 heavy (non-hydrogen) atoms. The average Bonchev–Trinajstić information content (AvgIpc) is 2.45. The Labute approximate surface area is 81.3 Å². The highest BCUT2D eigenvalue weighted by Gasteiger charge is 2.28. The minimum atomic E-state index is -0.518. The Morgan fingerprint density at radius 2 is 2.36 bits per heavy atom. The van der Waals surface area contributed by atoms with Gasteiger partial charge in [0.2, 0.25) is 5.91 Å². The number of nitrogens with one attached hydrogen (secondary N) is 3. The third kappa shape index (κ3) is 2.02. The highest BCUT2D eigenvalue weighted by Crippen LogP contribution is 2.08. The van der Waals surface area contributed by atoms with Crippen LogP contribution in [0.1, 0.15) is 6.42 Å². The summed E-state index contributed by atoms with van der Waals surface area (Å²) in [5, 5.41) is 5.71. The minimum absolute atomic E-state index is 0.0813. The summed E-state index contributed by atoms with van der Waals surface area (Å²) in [5.41, 5.74) is 2.19. The summed E-state index contributed by atoms with van der Waals surface area (Å²) in [7, 11) is 0. The summed E-state index contributed by atoms with van der Waals surface area (Å²) in [5.74, 6) is 0.0626. The van der Waals surface area contributed by atoms with Crippen LogP contribution < -0.4 is 16.1 Å². The zero-order valence-corrected chi connectivity index (χ0v) is 7.71. The molecule has 6 heteroatoms. The molecule has 0 bridgehead atoms. The maximum Gasteiger partial charge on any atom is 0.268 e. The molecule has 0 spiro atoms. The van der Waals surface area contributed by atoms with Crippen molar-refractivity contribution in [2.75, 3.05) is 19.7 Å². The summed E-state index contributed by atoms with van der Waals surface area (Å²) >= 11 is 0. The van der Waals surface area contributed by atoms with Crippen LogP contribution in [0.4, 0.5) is 0 Å². The van der Waals surface area contributed by atoms with E-state index in [4.69, 9.17) is 0 Å². The summed E-state index contributed by atoms with van der Waals surface area (Å²) in [6, 6.07) is -0.518. The Hall–Kier alpha value is -1.14. The second kappa shape index (κ2) is 3.93. The number of hydrogen-bond donors (Lipinski definition) is 3. The molecule has 0 aromatic rings. The molecule has 78 valence electrons. The van der Waals surface area contributed by atoms with Gasteiger partial charge in [-0.15, -0.1) is 0 Å². The first kappa shape index (κ1) is 9.42. The Bertz CT molecular complexity index is 252. The molecule has 2 rings (SSSR count). The standard InChI is InChI=1S/C8H13N3O3/c12-7(1-5-2-9-3-5)10-6-4-14-11-8(6)13/h5-6,9H,1-4H2,(H,10,12)(H,11,13)/t6-/m1/s1. The van der Waals surface area contributed by atoms with Crippen LogP contribution in [0.15, 0.2) is 0 Å². The Morgan fingerprint density at radius 1 is 1.57 bits per heavy atom. The lowest BCUT2D eigenvalue weighted by Crippen LogP contribution is -2.47. The van der Waals surface area contributed by atoms with E-state index in [1.807, 2.05) is 0 Å². The predicted molar refractivity (Wildman–Crippen MR) is 47.0 cm³/mol. The first-order chi connectivity index (χ1) is 6.75. The lowest BCUT2D eigenvalue weighted by molar-refractivity contribution is -0.129. The van der Waals surface area contributed by atoms with E-state index in [0.717, 1.165) is 13.1 Å². The molecule has 6 nitrogen and oxygen atoms in total. The average molecular weight is 199 g/mol. The minimum Gasteiger partial charge on any atom is -0.342 e. The molecule has 2 aliphatic rings. The smallest absolute Gasteiger partial charge is 0.268 e. The van der Waals surface area contributed by atoms with Crippen molar-refractivity contribution in [3.05, 3.63) is 0 Å². The Balaban J connectivity index is 1.73. The zero-order valence-electron chi connectivity index (χ0n) is 7.71. The number of amides is 2. The van der Waals surface area contributed by atoms with Crippen LogP contribution in [-0.4, -0.2) is 37.6 Å². The molecule has 0 unspecified atom stereocenters. The molecule has 0 radical (unpaired) electrons. The Kier molecular flexibility index (Phi) is 2.64. The van der Waals surface area contributed by atoms with Crippen LogP contribution in [0.5, 0.6) is 0 Å². The lowest BCUT2D eigenvalue weighted by Gasteiger charge is -2.26. The van der Waals surface area contributed by atoms with Crippen molar-refractivity contribution < 1.29 is 14.4 Å². The first-order valence-electron chi connectivity index (χ1n) is 4.67. The molecule has 2 fully saturated rings. The second-order valence-corrected chi connectivity index (χ2v) is 3.63. The van der Waals surface area contributed by atoms with E-state index in [2.05, 4.69) is 21.0 Å². The molecule has 3 N–H and O–H groups in total. The van der Waals surface area contributed by atoms with Gasteiger partial charge in [-0.05, 0) is 19.0 Å². The number of hydroxylamine groups is 1. The van der Waals surface area contributed by atoms with Gasteiger partial charge in [0.15, 0.2) is 0 Å². The van der Waals surface area contributed by atoms with Gasteiger partial charge < -0.3 is 10.6 Å². The number of hydrogen-bond acceptors (Lipinski definition) is 4. The van der Waals surface area contributed by atoms with Crippen molar-refractivity contribution in [2.45, 2.75) is 12.5 Å². The van der Waals surface area contributed by atoms with Crippen LogP contribution in [0.25, 0.3) is 0 Å². The van der Waals surface area contributed by atoms with Gasteiger partial charge in [-0.2, -0.15) is 0 Å². The van der Waals surface area contributed by atoms with Gasteiger partial charge >= 0.3 is 0 Å². The van der Waals surface area contributed by atoms with E-state index in [0.29, 0.717) is 12.3 Å². The molecular formula is C8H13N3O3. The zero-order chi connectivity index (χ0) is 9.97. The first-order valence-corrected chi connectivity index (χ1v) is 4.67. The summed E-state index contributed by atoms with van der Waals surface area (Å²) < 4.78 is 0. The number of carbonyl (C=O) groups excluding carboxylic acids is 2. The maximum atomic E-state index is 11.4. The van der Waals surface area contributed by atoms with Crippen molar-refractivity contribution >= 4 is 11.8 Å². The second-order valence-electron chi connectivity index (χ2n) is 3.63. The fourth-order valence-corrected chi connectivity index (χ4v) is 1.46. The van der Waals surface area contributed by atoms with Crippen LogP contribution in [0.3, 0.4) is 0 Å². The van der Waals surface area contributed by atoms with E-state index in [1.165, 1.54) is 0 Å². The highest BCUT2D eigenvalue weighted by atomic mass is 16.7. The fourth-order valence-electron chi connectivity index (χ4n) is 1.46. The lowest BCUT2D eigenvalue weighted by atomic mass is 9.99.